The van der Waals surface area contributed by atoms with E-state index in [1.165, 1.54) is 38.5 Å². The Labute approximate surface area is 357 Å². The minimum Gasteiger partial charge on any atom is -0.394 e. The van der Waals surface area contributed by atoms with Gasteiger partial charge in [0.05, 0.1) is 18.8 Å². The van der Waals surface area contributed by atoms with Gasteiger partial charge >= 0.3 is 0 Å². The predicted molar refractivity (Wildman–Crippen MR) is 257 cm³/mol. The normalized spacial score (nSPS) is 14.3. The van der Waals surface area contributed by atoms with E-state index in [2.05, 4.69) is 153 Å². The minimum atomic E-state index is -0.876. The largest absolute Gasteiger partial charge is 0.394 e. The maximum atomic E-state index is 12.3. The lowest BCUT2D eigenvalue weighted by molar-refractivity contribution is -0.123. The van der Waals surface area contributed by atoms with Gasteiger partial charge in [-0.25, -0.2) is 0 Å². The number of hydrogen-bond donors (Lipinski definition) is 3. The highest BCUT2D eigenvalue weighted by Crippen LogP contribution is 2.10. The lowest BCUT2D eigenvalue weighted by Gasteiger charge is -2.19. The van der Waals surface area contributed by atoms with E-state index in [1.54, 1.807) is 6.08 Å². The van der Waals surface area contributed by atoms with Crippen molar-refractivity contribution in [3.05, 3.63) is 146 Å². The Bertz CT molecular complexity index is 1270. The number of unbranched alkanes of at least 4 members (excludes halogenated alkanes) is 10. The number of aliphatic hydroxyl groups excluding tert-OH is 2. The van der Waals surface area contributed by atoms with E-state index in [0.717, 1.165) is 109 Å². The molecule has 0 fully saturated rings. The van der Waals surface area contributed by atoms with Crippen molar-refractivity contribution >= 4 is 5.91 Å². The lowest BCUT2D eigenvalue weighted by atomic mass is 10.1. The van der Waals surface area contributed by atoms with Crippen molar-refractivity contribution in [3.63, 3.8) is 0 Å². The zero-order valence-electron chi connectivity index (χ0n) is 37.0. The van der Waals surface area contributed by atoms with Crippen LogP contribution in [0.2, 0.25) is 0 Å². The second-order valence-corrected chi connectivity index (χ2v) is 14.7. The number of carbonyl (C=O) groups excluding carboxylic acids is 1. The van der Waals surface area contributed by atoms with Crippen molar-refractivity contribution in [2.75, 3.05) is 6.61 Å². The van der Waals surface area contributed by atoms with Gasteiger partial charge < -0.3 is 15.5 Å². The first-order valence-electron chi connectivity index (χ1n) is 23.0. The fourth-order valence-corrected chi connectivity index (χ4v) is 5.81. The summed E-state index contributed by atoms with van der Waals surface area (Å²) in [6, 6.07) is -0.655. The lowest BCUT2D eigenvalue weighted by Crippen LogP contribution is -2.45. The molecule has 0 aliphatic rings. The van der Waals surface area contributed by atoms with Gasteiger partial charge in [0.2, 0.25) is 5.91 Å². The standard InChI is InChI=1S/C54H85NO3/c1-3-5-7-9-11-13-14-15-16-17-18-19-20-21-22-23-24-25-26-27-28-29-30-31-32-33-34-35-36-37-38-39-40-42-44-46-48-50-54(58)55-52(51-56)53(57)49-47-45-43-41-12-10-8-6-4-2/h5,7,11-13,15-16,18-19,21-22,24-25,27-28,30-31,33-34,36-37,41,47,49,52-53,56-57H,3-4,6,8-10,14,17,20,23,26,29,32,35,38-40,42-46,48,50-51H2,1-2H3,(H,55,58)/b7-5-,13-11-,16-15-,19-18-,22-21-,25-24-,28-27-,31-30-,34-33-,37-36-,41-12+,49-47+. The zero-order chi connectivity index (χ0) is 42.1. The van der Waals surface area contributed by atoms with Crippen LogP contribution in [0, 0.1) is 0 Å². The highest BCUT2D eigenvalue weighted by Gasteiger charge is 2.17. The number of nitrogens with one attached hydrogen (secondary N) is 1. The van der Waals surface area contributed by atoms with Crippen LogP contribution >= 0.6 is 0 Å². The molecule has 0 saturated carbocycles. The van der Waals surface area contributed by atoms with Crippen molar-refractivity contribution in [2.24, 2.45) is 0 Å². The molecule has 324 valence electrons. The van der Waals surface area contributed by atoms with Crippen LogP contribution in [0.1, 0.15) is 168 Å². The molecular weight excluding hydrogens is 711 g/mol. The highest BCUT2D eigenvalue weighted by molar-refractivity contribution is 5.76. The molecule has 0 bridgehead atoms. The van der Waals surface area contributed by atoms with Gasteiger partial charge in [-0.05, 0) is 109 Å². The number of allylic oxidation sites excluding steroid dienone is 23. The van der Waals surface area contributed by atoms with Crippen LogP contribution in [0.15, 0.2) is 146 Å². The van der Waals surface area contributed by atoms with Gasteiger partial charge in [0.1, 0.15) is 0 Å². The van der Waals surface area contributed by atoms with E-state index in [9.17, 15) is 15.0 Å². The fraction of sp³-hybridized carbons (Fsp3) is 0.537. The third kappa shape index (κ3) is 43.4. The van der Waals surface area contributed by atoms with Crippen molar-refractivity contribution in [1.29, 1.82) is 0 Å². The Morgan fingerprint density at radius 1 is 0.431 bits per heavy atom. The summed E-state index contributed by atoms with van der Waals surface area (Å²) in [5.41, 5.74) is 0. The van der Waals surface area contributed by atoms with Crippen LogP contribution in [0.3, 0.4) is 0 Å². The summed E-state index contributed by atoms with van der Waals surface area (Å²) in [6.45, 7) is 4.10. The quantitative estimate of drug-likeness (QED) is 0.0429. The SMILES string of the molecule is CC/C=C\C/C=C\C/C=C\C/C=C\C/C=C\C/C=C\C/C=C\C/C=C\C/C=C\C/C=C\CCCCCCCCC(=O)NC(CO)C(O)/C=C/CC/C=C/CCCCC. The van der Waals surface area contributed by atoms with Crippen LogP contribution in [0.5, 0.6) is 0 Å². The maximum absolute atomic E-state index is 12.3. The Morgan fingerprint density at radius 2 is 0.776 bits per heavy atom. The molecule has 4 heteroatoms. The summed E-state index contributed by atoms with van der Waals surface area (Å²) < 4.78 is 0. The van der Waals surface area contributed by atoms with E-state index in [1.807, 2.05) is 6.08 Å². The summed E-state index contributed by atoms with van der Waals surface area (Å²) in [7, 11) is 0. The molecule has 0 aromatic rings. The summed E-state index contributed by atoms with van der Waals surface area (Å²) in [6.07, 6.45) is 76.8. The number of aliphatic hydroxyl groups is 2. The Kier molecular flexibility index (Phi) is 44.6. The number of amides is 1. The first kappa shape index (κ1) is 54.3. The molecule has 0 aliphatic carbocycles. The molecule has 0 aromatic heterocycles. The van der Waals surface area contributed by atoms with E-state index in [-0.39, 0.29) is 12.5 Å². The molecule has 0 aromatic carbocycles. The molecule has 0 rings (SSSR count). The second kappa shape index (κ2) is 47.6. The van der Waals surface area contributed by atoms with E-state index >= 15 is 0 Å². The van der Waals surface area contributed by atoms with E-state index in [4.69, 9.17) is 0 Å². The number of carbonyl (C=O) groups is 1. The predicted octanol–water partition coefficient (Wildman–Crippen LogP) is 14.9. The van der Waals surface area contributed by atoms with Gasteiger partial charge in [-0.3, -0.25) is 4.79 Å². The summed E-state index contributed by atoms with van der Waals surface area (Å²) >= 11 is 0. The van der Waals surface area contributed by atoms with Crippen molar-refractivity contribution < 1.29 is 15.0 Å². The van der Waals surface area contributed by atoms with Crippen molar-refractivity contribution in [2.45, 2.75) is 180 Å². The van der Waals surface area contributed by atoms with Gasteiger partial charge in [0, 0.05) is 6.42 Å². The molecule has 2 unspecified atom stereocenters. The first-order valence-corrected chi connectivity index (χ1v) is 23.0. The zero-order valence-corrected chi connectivity index (χ0v) is 37.0. The van der Waals surface area contributed by atoms with Crippen molar-refractivity contribution in [3.8, 4) is 0 Å². The van der Waals surface area contributed by atoms with Crippen LogP contribution < -0.4 is 5.32 Å². The molecule has 0 saturated heterocycles. The molecule has 2 atom stereocenters. The average molecular weight is 796 g/mol. The smallest absolute Gasteiger partial charge is 0.220 e. The molecule has 0 radical (unpaired) electrons. The first-order chi connectivity index (χ1) is 28.7. The summed E-state index contributed by atoms with van der Waals surface area (Å²) in [5.74, 6) is -0.0997. The molecule has 0 heterocycles. The van der Waals surface area contributed by atoms with E-state index in [0.29, 0.717) is 6.42 Å². The monoisotopic (exact) mass is 796 g/mol. The third-order valence-electron chi connectivity index (χ3n) is 9.31. The average Bonchev–Trinajstić information content (AvgIpc) is 3.23. The maximum Gasteiger partial charge on any atom is 0.220 e. The molecular formula is C54H85NO3. The van der Waals surface area contributed by atoms with Gasteiger partial charge in [-0.2, -0.15) is 0 Å². The van der Waals surface area contributed by atoms with Crippen LogP contribution in [0.4, 0.5) is 0 Å². The Hall–Kier alpha value is -3.73. The Morgan fingerprint density at radius 3 is 1.21 bits per heavy atom. The topological polar surface area (TPSA) is 69.6 Å². The summed E-state index contributed by atoms with van der Waals surface area (Å²) in [5, 5.41) is 22.8. The molecule has 1 amide bonds. The molecule has 58 heavy (non-hydrogen) atoms. The van der Waals surface area contributed by atoms with Crippen LogP contribution in [-0.2, 0) is 4.79 Å². The fourth-order valence-electron chi connectivity index (χ4n) is 5.81. The van der Waals surface area contributed by atoms with Gasteiger partial charge in [0.15, 0.2) is 0 Å². The number of rotatable bonds is 39. The molecule has 3 N–H and O–H groups in total. The van der Waals surface area contributed by atoms with Gasteiger partial charge in [-0.1, -0.05) is 198 Å². The Balaban J connectivity index is 3.70. The van der Waals surface area contributed by atoms with Crippen LogP contribution in [-0.4, -0.2) is 34.9 Å². The molecule has 4 nitrogen and oxygen atoms in total. The molecule has 0 spiro atoms. The van der Waals surface area contributed by atoms with Gasteiger partial charge in [0.25, 0.3) is 0 Å². The van der Waals surface area contributed by atoms with Crippen molar-refractivity contribution in [1.82, 2.24) is 5.32 Å². The highest BCUT2D eigenvalue weighted by atomic mass is 16.3. The van der Waals surface area contributed by atoms with E-state index < -0.39 is 12.1 Å². The molecule has 0 aliphatic heterocycles. The summed E-state index contributed by atoms with van der Waals surface area (Å²) in [4.78, 5) is 12.3. The number of hydrogen-bond acceptors (Lipinski definition) is 3. The van der Waals surface area contributed by atoms with Crippen LogP contribution in [0.25, 0.3) is 0 Å². The third-order valence-corrected chi connectivity index (χ3v) is 9.31. The minimum absolute atomic E-state index is 0.0997. The second-order valence-electron chi connectivity index (χ2n) is 14.7. The van der Waals surface area contributed by atoms with Gasteiger partial charge in [-0.15, -0.1) is 0 Å².